The SMILES string of the molecule is COc1ccc(NC(=O)C2(C(=O)N3CCc4ccccc43)CC2)cc1Cl. The number of amides is 2. The second-order valence-corrected chi connectivity index (χ2v) is 7.13. The molecular formula is C20H19ClN2O3. The van der Waals surface area contributed by atoms with Gasteiger partial charge in [0.05, 0.1) is 12.1 Å². The summed E-state index contributed by atoms with van der Waals surface area (Å²) in [6.07, 6.45) is 1.97. The van der Waals surface area contributed by atoms with Crippen LogP contribution in [0.1, 0.15) is 18.4 Å². The molecule has 0 saturated heterocycles. The van der Waals surface area contributed by atoms with Crippen LogP contribution in [0.4, 0.5) is 11.4 Å². The number of anilines is 2. The van der Waals surface area contributed by atoms with E-state index in [1.807, 2.05) is 24.3 Å². The van der Waals surface area contributed by atoms with Gasteiger partial charge in [0, 0.05) is 17.9 Å². The molecule has 134 valence electrons. The number of nitrogens with zero attached hydrogens (tertiary/aromatic N) is 1. The Hall–Kier alpha value is -2.53. The maximum atomic E-state index is 13.1. The van der Waals surface area contributed by atoms with Gasteiger partial charge in [-0.25, -0.2) is 0 Å². The van der Waals surface area contributed by atoms with Crippen molar-refractivity contribution in [3.8, 4) is 5.75 Å². The number of para-hydroxylation sites is 1. The molecule has 1 fully saturated rings. The fourth-order valence-corrected chi connectivity index (χ4v) is 3.72. The van der Waals surface area contributed by atoms with Gasteiger partial charge < -0.3 is 15.0 Å². The molecule has 0 spiro atoms. The van der Waals surface area contributed by atoms with Crippen molar-refractivity contribution in [2.75, 3.05) is 23.9 Å². The highest BCUT2D eigenvalue weighted by molar-refractivity contribution is 6.32. The monoisotopic (exact) mass is 370 g/mol. The Bertz CT molecular complexity index is 892. The minimum absolute atomic E-state index is 0.112. The highest BCUT2D eigenvalue weighted by Gasteiger charge is 2.58. The van der Waals surface area contributed by atoms with Gasteiger partial charge in [-0.15, -0.1) is 0 Å². The van der Waals surface area contributed by atoms with E-state index in [9.17, 15) is 9.59 Å². The first-order valence-corrected chi connectivity index (χ1v) is 8.98. The number of halogens is 1. The van der Waals surface area contributed by atoms with E-state index in [-0.39, 0.29) is 11.8 Å². The van der Waals surface area contributed by atoms with Crippen molar-refractivity contribution in [3.05, 3.63) is 53.1 Å². The molecule has 1 aliphatic carbocycles. The average Bonchev–Trinajstić information content (AvgIpc) is 3.35. The molecule has 0 atom stereocenters. The van der Waals surface area contributed by atoms with E-state index in [1.165, 1.54) is 7.11 Å². The number of fused-ring (bicyclic) bond motifs is 1. The normalized spacial score (nSPS) is 16.8. The molecule has 2 aromatic carbocycles. The van der Waals surface area contributed by atoms with E-state index < -0.39 is 5.41 Å². The zero-order valence-electron chi connectivity index (χ0n) is 14.4. The molecule has 0 bridgehead atoms. The molecule has 0 radical (unpaired) electrons. The number of carbonyl (C=O) groups is 2. The molecule has 2 amide bonds. The van der Waals surface area contributed by atoms with Crippen molar-refractivity contribution in [3.63, 3.8) is 0 Å². The first kappa shape index (κ1) is 16.9. The smallest absolute Gasteiger partial charge is 0.242 e. The van der Waals surface area contributed by atoms with Gasteiger partial charge in [0.25, 0.3) is 0 Å². The summed E-state index contributed by atoms with van der Waals surface area (Å²) in [7, 11) is 1.53. The van der Waals surface area contributed by atoms with E-state index in [2.05, 4.69) is 5.32 Å². The van der Waals surface area contributed by atoms with Gasteiger partial charge in [-0.3, -0.25) is 9.59 Å². The van der Waals surface area contributed by atoms with Crippen molar-refractivity contribution >= 4 is 34.8 Å². The predicted molar refractivity (Wildman–Crippen MR) is 101 cm³/mol. The zero-order valence-corrected chi connectivity index (χ0v) is 15.2. The van der Waals surface area contributed by atoms with Crippen LogP contribution in [0.5, 0.6) is 5.75 Å². The lowest BCUT2D eigenvalue weighted by Crippen LogP contribution is -2.42. The van der Waals surface area contributed by atoms with Gasteiger partial charge in [-0.2, -0.15) is 0 Å². The standard InChI is InChI=1S/C20H19ClN2O3/c1-26-17-7-6-14(12-15(17)21)22-18(24)20(9-10-20)19(25)23-11-8-13-4-2-3-5-16(13)23/h2-7,12H,8-11H2,1H3,(H,22,24). The molecule has 0 unspecified atom stereocenters. The maximum Gasteiger partial charge on any atom is 0.242 e. The maximum absolute atomic E-state index is 13.1. The van der Waals surface area contributed by atoms with Gasteiger partial charge in [0.1, 0.15) is 11.2 Å². The summed E-state index contributed by atoms with van der Waals surface area (Å²) >= 11 is 6.11. The number of ether oxygens (including phenoxy) is 1. The molecule has 1 heterocycles. The number of carbonyl (C=O) groups excluding carboxylic acids is 2. The van der Waals surface area contributed by atoms with Crippen molar-refractivity contribution in [2.45, 2.75) is 19.3 Å². The van der Waals surface area contributed by atoms with Crippen LogP contribution in [-0.2, 0) is 16.0 Å². The third kappa shape index (κ3) is 2.72. The van der Waals surface area contributed by atoms with Crippen LogP contribution in [0.25, 0.3) is 0 Å². The van der Waals surface area contributed by atoms with Crippen LogP contribution in [0, 0.1) is 5.41 Å². The third-order valence-electron chi connectivity index (χ3n) is 5.14. The highest BCUT2D eigenvalue weighted by Crippen LogP contribution is 2.49. The van der Waals surface area contributed by atoms with Crippen molar-refractivity contribution < 1.29 is 14.3 Å². The van der Waals surface area contributed by atoms with E-state index in [1.54, 1.807) is 23.1 Å². The fraction of sp³-hybridized carbons (Fsp3) is 0.300. The van der Waals surface area contributed by atoms with Crippen LogP contribution in [0.15, 0.2) is 42.5 Å². The van der Waals surface area contributed by atoms with Crippen LogP contribution in [-0.4, -0.2) is 25.5 Å². The van der Waals surface area contributed by atoms with Gasteiger partial charge in [0.15, 0.2) is 0 Å². The van der Waals surface area contributed by atoms with Crippen molar-refractivity contribution in [2.24, 2.45) is 5.41 Å². The summed E-state index contributed by atoms with van der Waals surface area (Å²) in [4.78, 5) is 27.7. The third-order valence-corrected chi connectivity index (χ3v) is 5.43. The fourth-order valence-electron chi connectivity index (χ4n) is 3.47. The van der Waals surface area contributed by atoms with Gasteiger partial charge in [0.2, 0.25) is 11.8 Å². The summed E-state index contributed by atoms with van der Waals surface area (Å²) < 4.78 is 5.12. The van der Waals surface area contributed by atoms with E-state index in [4.69, 9.17) is 16.3 Å². The summed E-state index contributed by atoms with van der Waals surface area (Å²) in [5.74, 6) is 0.156. The lowest BCUT2D eigenvalue weighted by molar-refractivity contribution is -0.132. The van der Waals surface area contributed by atoms with E-state index >= 15 is 0 Å². The Morgan fingerprint density at radius 3 is 2.65 bits per heavy atom. The van der Waals surface area contributed by atoms with Crippen LogP contribution < -0.4 is 15.0 Å². The molecule has 1 aliphatic heterocycles. The van der Waals surface area contributed by atoms with Gasteiger partial charge in [-0.05, 0) is 49.1 Å². The lowest BCUT2D eigenvalue weighted by atomic mass is 10.0. The van der Waals surface area contributed by atoms with Gasteiger partial charge in [-0.1, -0.05) is 29.8 Å². The van der Waals surface area contributed by atoms with Crippen LogP contribution >= 0.6 is 11.6 Å². The molecule has 26 heavy (non-hydrogen) atoms. The first-order valence-electron chi connectivity index (χ1n) is 8.60. The molecule has 5 nitrogen and oxygen atoms in total. The minimum Gasteiger partial charge on any atom is -0.495 e. The number of hydrogen-bond acceptors (Lipinski definition) is 3. The Balaban J connectivity index is 1.53. The molecule has 2 aromatic rings. The molecular weight excluding hydrogens is 352 g/mol. The second kappa shape index (κ2) is 6.32. The number of rotatable bonds is 4. The number of nitrogens with one attached hydrogen (secondary N) is 1. The summed E-state index contributed by atoms with van der Waals surface area (Å²) in [5.41, 5.74) is 1.66. The number of hydrogen-bond donors (Lipinski definition) is 1. The first-order chi connectivity index (χ1) is 12.5. The predicted octanol–water partition coefficient (Wildman–Crippen LogP) is 3.66. The Labute approximate surface area is 156 Å². The Morgan fingerprint density at radius 2 is 1.96 bits per heavy atom. The van der Waals surface area contributed by atoms with Crippen LogP contribution in [0.2, 0.25) is 5.02 Å². The summed E-state index contributed by atoms with van der Waals surface area (Å²) in [5, 5.41) is 3.25. The topological polar surface area (TPSA) is 58.6 Å². The van der Waals surface area contributed by atoms with E-state index in [0.717, 1.165) is 17.7 Å². The number of methoxy groups -OCH3 is 1. The van der Waals surface area contributed by atoms with Crippen LogP contribution in [0.3, 0.4) is 0 Å². The number of benzene rings is 2. The van der Waals surface area contributed by atoms with Gasteiger partial charge >= 0.3 is 0 Å². The lowest BCUT2D eigenvalue weighted by Gasteiger charge is -2.23. The zero-order chi connectivity index (χ0) is 18.3. The quantitative estimate of drug-likeness (QED) is 0.835. The molecule has 6 heteroatoms. The molecule has 4 rings (SSSR count). The highest BCUT2D eigenvalue weighted by atomic mass is 35.5. The summed E-state index contributed by atoms with van der Waals surface area (Å²) in [6, 6.07) is 12.9. The minimum atomic E-state index is -0.968. The van der Waals surface area contributed by atoms with E-state index in [0.29, 0.717) is 35.8 Å². The molecule has 1 saturated carbocycles. The van der Waals surface area contributed by atoms with Crippen molar-refractivity contribution in [1.29, 1.82) is 0 Å². The second-order valence-electron chi connectivity index (χ2n) is 6.72. The molecule has 2 aliphatic rings. The summed E-state index contributed by atoms with van der Waals surface area (Å²) in [6.45, 7) is 0.627. The molecule has 1 N–H and O–H groups in total. The van der Waals surface area contributed by atoms with Crippen molar-refractivity contribution in [1.82, 2.24) is 0 Å². The average molecular weight is 371 g/mol. The molecule has 0 aromatic heterocycles. The Morgan fingerprint density at radius 1 is 1.19 bits per heavy atom. The largest absolute Gasteiger partial charge is 0.495 e. The Kier molecular flexibility index (Phi) is 4.11.